The Bertz CT molecular complexity index is 497. The minimum atomic E-state index is 0.0642. The van der Waals surface area contributed by atoms with Crippen LogP contribution in [0.1, 0.15) is 30.8 Å². The predicted octanol–water partition coefficient (Wildman–Crippen LogP) is 2.06. The molecule has 0 aliphatic rings. The molecule has 1 aromatic carbocycles. The molecule has 0 fully saturated rings. The Morgan fingerprint density at radius 2 is 2.22 bits per heavy atom. The molecule has 0 aliphatic carbocycles. The van der Waals surface area contributed by atoms with Gasteiger partial charge in [0, 0.05) is 30.6 Å². The minimum Gasteiger partial charge on any atom is -0.508 e. The summed E-state index contributed by atoms with van der Waals surface area (Å²) in [6.45, 7) is 2.59. The smallest absolute Gasteiger partial charge is 0.123 e. The normalized spacial score (nSPS) is 12.5. The summed E-state index contributed by atoms with van der Waals surface area (Å²) in [7, 11) is 0. The molecule has 0 spiro atoms. The molecule has 18 heavy (non-hydrogen) atoms. The number of hydrogen-bond donors (Lipinski definition) is 4. The topological polar surface area (TPSA) is 81.2 Å². The minimum absolute atomic E-state index is 0.0642. The Morgan fingerprint density at radius 3 is 2.83 bits per heavy atom. The number of nitrogens with one attached hydrogen (secondary N) is 2. The van der Waals surface area contributed by atoms with Crippen LogP contribution in [0, 0.1) is 0 Å². The summed E-state index contributed by atoms with van der Waals surface area (Å²) in [6, 6.07) is 4.72. The quantitative estimate of drug-likeness (QED) is 0.652. The van der Waals surface area contributed by atoms with Crippen molar-refractivity contribution in [1.29, 1.82) is 0 Å². The number of hydrogen-bond acceptors (Lipinski definition) is 4. The second-order valence-electron chi connectivity index (χ2n) is 4.13. The van der Waals surface area contributed by atoms with E-state index in [1.165, 1.54) is 6.07 Å². The Morgan fingerprint density at radius 1 is 1.39 bits per heavy atom. The third-order valence-electron chi connectivity index (χ3n) is 2.87. The summed E-state index contributed by atoms with van der Waals surface area (Å²) >= 11 is 0. The lowest BCUT2D eigenvalue weighted by molar-refractivity contribution is 0.436. The van der Waals surface area contributed by atoms with Crippen LogP contribution >= 0.6 is 0 Å². The molecule has 1 aromatic heterocycles. The van der Waals surface area contributed by atoms with E-state index < -0.39 is 0 Å². The van der Waals surface area contributed by atoms with E-state index in [1.54, 1.807) is 24.5 Å². The van der Waals surface area contributed by atoms with Crippen LogP contribution < -0.4 is 5.32 Å². The summed E-state index contributed by atoms with van der Waals surface area (Å²) in [5.41, 5.74) is 0.748. The lowest BCUT2D eigenvalue weighted by atomic mass is 10.1. The van der Waals surface area contributed by atoms with Crippen LogP contribution in [0.5, 0.6) is 11.5 Å². The first-order chi connectivity index (χ1) is 8.70. The monoisotopic (exact) mass is 247 g/mol. The zero-order chi connectivity index (χ0) is 13.0. The van der Waals surface area contributed by atoms with Gasteiger partial charge in [0.05, 0.1) is 6.04 Å². The van der Waals surface area contributed by atoms with E-state index in [-0.39, 0.29) is 17.5 Å². The second kappa shape index (κ2) is 5.55. The molecule has 0 saturated carbocycles. The number of H-pyrrole nitrogens is 1. The van der Waals surface area contributed by atoms with Crippen molar-refractivity contribution in [1.82, 2.24) is 15.3 Å². The Balaban J connectivity index is 2.02. The van der Waals surface area contributed by atoms with Crippen LogP contribution in [0.3, 0.4) is 0 Å². The zero-order valence-electron chi connectivity index (χ0n) is 10.2. The van der Waals surface area contributed by atoms with Gasteiger partial charge in [0.15, 0.2) is 0 Å². The summed E-state index contributed by atoms with van der Waals surface area (Å²) in [4.78, 5) is 7.29. The number of rotatable bonds is 5. The van der Waals surface area contributed by atoms with Crippen LogP contribution in [-0.2, 0) is 6.54 Å². The van der Waals surface area contributed by atoms with Gasteiger partial charge in [0.1, 0.15) is 17.3 Å². The number of aromatic amines is 1. The highest BCUT2D eigenvalue weighted by molar-refractivity contribution is 5.38. The van der Waals surface area contributed by atoms with E-state index in [4.69, 9.17) is 0 Å². The van der Waals surface area contributed by atoms with Gasteiger partial charge in [-0.3, -0.25) is 0 Å². The van der Waals surface area contributed by atoms with Crippen molar-refractivity contribution in [2.75, 3.05) is 0 Å². The van der Waals surface area contributed by atoms with Crippen LogP contribution in [0.25, 0.3) is 0 Å². The van der Waals surface area contributed by atoms with Crippen molar-refractivity contribution >= 4 is 0 Å². The fraction of sp³-hybridized carbons (Fsp3) is 0.308. The number of imidazole rings is 1. The van der Waals surface area contributed by atoms with Gasteiger partial charge in [0.2, 0.25) is 0 Å². The van der Waals surface area contributed by atoms with Gasteiger partial charge >= 0.3 is 0 Å². The first kappa shape index (κ1) is 12.4. The van der Waals surface area contributed by atoms with E-state index in [9.17, 15) is 10.2 Å². The average molecular weight is 247 g/mol. The van der Waals surface area contributed by atoms with E-state index in [2.05, 4.69) is 22.2 Å². The number of phenolic OH excluding ortho intramolecular Hbond substituents is 2. The molecule has 5 nitrogen and oxygen atoms in total. The highest BCUT2D eigenvalue weighted by Crippen LogP contribution is 2.23. The molecule has 2 rings (SSSR count). The van der Waals surface area contributed by atoms with Crippen LogP contribution in [0.2, 0.25) is 0 Å². The lowest BCUT2D eigenvalue weighted by Gasteiger charge is -2.15. The molecule has 1 atom stereocenters. The fourth-order valence-electron chi connectivity index (χ4n) is 1.84. The standard InChI is InChI=1S/C13H17N3O2/c1-2-11(13-14-5-6-15-13)16-8-9-3-4-10(17)7-12(9)18/h3-7,11,16-18H,2,8H2,1H3,(H,14,15). The summed E-state index contributed by atoms with van der Waals surface area (Å²) < 4.78 is 0. The van der Waals surface area contributed by atoms with Crippen LogP contribution in [0.4, 0.5) is 0 Å². The van der Waals surface area contributed by atoms with Gasteiger partial charge in [-0.2, -0.15) is 0 Å². The Kier molecular flexibility index (Phi) is 3.84. The van der Waals surface area contributed by atoms with Gasteiger partial charge in [-0.05, 0) is 12.5 Å². The zero-order valence-corrected chi connectivity index (χ0v) is 10.2. The number of nitrogens with zero attached hydrogens (tertiary/aromatic N) is 1. The van der Waals surface area contributed by atoms with E-state index in [1.807, 2.05) is 0 Å². The highest BCUT2D eigenvalue weighted by atomic mass is 16.3. The van der Waals surface area contributed by atoms with Gasteiger partial charge in [-0.15, -0.1) is 0 Å². The molecule has 4 N–H and O–H groups in total. The first-order valence-corrected chi connectivity index (χ1v) is 5.94. The molecule has 0 radical (unpaired) electrons. The molecule has 96 valence electrons. The van der Waals surface area contributed by atoms with E-state index >= 15 is 0 Å². The first-order valence-electron chi connectivity index (χ1n) is 5.94. The van der Waals surface area contributed by atoms with E-state index in [0.29, 0.717) is 6.54 Å². The predicted molar refractivity (Wildman–Crippen MR) is 68.2 cm³/mol. The van der Waals surface area contributed by atoms with Gasteiger partial charge in [-0.1, -0.05) is 13.0 Å². The number of aromatic nitrogens is 2. The van der Waals surface area contributed by atoms with Crippen molar-refractivity contribution in [3.05, 3.63) is 42.0 Å². The molecular weight excluding hydrogens is 230 g/mol. The largest absolute Gasteiger partial charge is 0.508 e. The molecule has 5 heteroatoms. The van der Waals surface area contributed by atoms with Gasteiger partial charge < -0.3 is 20.5 Å². The molecule has 0 amide bonds. The fourth-order valence-corrected chi connectivity index (χ4v) is 1.84. The van der Waals surface area contributed by atoms with Crippen molar-refractivity contribution in [3.8, 4) is 11.5 Å². The summed E-state index contributed by atoms with van der Waals surface area (Å²) in [5.74, 6) is 1.04. The van der Waals surface area contributed by atoms with E-state index in [0.717, 1.165) is 17.8 Å². The molecule has 1 unspecified atom stereocenters. The highest BCUT2D eigenvalue weighted by Gasteiger charge is 2.11. The summed E-state index contributed by atoms with van der Waals surface area (Å²) in [5, 5.41) is 22.2. The van der Waals surface area contributed by atoms with Crippen LogP contribution in [0.15, 0.2) is 30.6 Å². The van der Waals surface area contributed by atoms with Crippen molar-refractivity contribution < 1.29 is 10.2 Å². The number of phenols is 2. The van der Waals surface area contributed by atoms with Crippen molar-refractivity contribution in [2.45, 2.75) is 25.9 Å². The molecule has 2 aromatic rings. The van der Waals surface area contributed by atoms with Gasteiger partial charge in [0.25, 0.3) is 0 Å². The SMILES string of the molecule is CCC(NCc1ccc(O)cc1O)c1ncc[nH]1. The third kappa shape index (κ3) is 2.81. The maximum absolute atomic E-state index is 9.68. The number of aromatic hydroxyl groups is 2. The molecule has 0 bridgehead atoms. The molecular formula is C13H17N3O2. The molecule has 1 heterocycles. The van der Waals surface area contributed by atoms with Crippen LogP contribution in [-0.4, -0.2) is 20.2 Å². The Hall–Kier alpha value is -2.01. The Labute approximate surface area is 106 Å². The molecule has 0 aliphatic heterocycles. The van der Waals surface area contributed by atoms with Crippen molar-refractivity contribution in [3.63, 3.8) is 0 Å². The van der Waals surface area contributed by atoms with Crippen molar-refractivity contribution in [2.24, 2.45) is 0 Å². The third-order valence-corrected chi connectivity index (χ3v) is 2.87. The average Bonchev–Trinajstić information content (AvgIpc) is 2.86. The lowest BCUT2D eigenvalue weighted by Crippen LogP contribution is -2.21. The molecule has 0 saturated heterocycles. The second-order valence-corrected chi connectivity index (χ2v) is 4.13. The van der Waals surface area contributed by atoms with Gasteiger partial charge in [-0.25, -0.2) is 4.98 Å². The summed E-state index contributed by atoms with van der Waals surface area (Å²) in [6.07, 6.45) is 4.40. The maximum atomic E-state index is 9.68. The number of benzene rings is 1. The maximum Gasteiger partial charge on any atom is 0.123 e.